The van der Waals surface area contributed by atoms with Gasteiger partial charge in [0.2, 0.25) is 0 Å². The van der Waals surface area contributed by atoms with Crippen LogP contribution in [-0.4, -0.2) is 30.1 Å². The normalized spacial score (nSPS) is 20.3. The summed E-state index contributed by atoms with van der Waals surface area (Å²) >= 11 is 0. The summed E-state index contributed by atoms with van der Waals surface area (Å²) in [6.07, 6.45) is 4.65. The molecule has 0 saturated heterocycles. The molecule has 1 saturated carbocycles. The molecule has 0 amide bonds. The number of hydrogen-bond donors (Lipinski definition) is 1. The summed E-state index contributed by atoms with van der Waals surface area (Å²) in [5, 5.41) is 0. The van der Waals surface area contributed by atoms with Crippen molar-refractivity contribution >= 4 is 0 Å². The molecule has 0 heterocycles. The van der Waals surface area contributed by atoms with Crippen molar-refractivity contribution < 1.29 is 0 Å². The Labute approximate surface area is 69.1 Å². The molecule has 1 unspecified atom stereocenters. The maximum atomic E-state index is 5.71. The lowest BCUT2D eigenvalue weighted by molar-refractivity contribution is 0.278. The Morgan fingerprint density at radius 3 is 2.73 bits per heavy atom. The Hall–Kier alpha value is -0.340. The van der Waals surface area contributed by atoms with Gasteiger partial charge >= 0.3 is 0 Å². The second kappa shape index (κ2) is 3.88. The van der Waals surface area contributed by atoms with Gasteiger partial charge in [0.1, 0.15) is 0 Å². The molecule has 1 atom stereocenters. The van der Waals surface area contributed by atoms with Crippen LogP contribution < -0.4 is 5.73 Å². The van der Waals surface area contributed by atoms with Gasteiger partial charge < -0.3 is 5.73 Å². The smallest absolute Gasteiger partial charge is 0.0164 e. The minimum atomic E-state index is 0.288. The molecule has 1 aliphatic rings. The number of nitrogens with zero attached hydrogens (tertiary/aromatic N) is 1. The van der Waals surface area contributed by atoms with Crippen molar-refractivity contribution in [3.05, 3.63) is 12.7 Å². The summed E-state index contributed by atoms with van der Waals surface area (Å²) in [6.45, 7) is 7.79. The number of hydrogen-bond acceptors (Lipinski definition) is 2. The maximum absolute atomic E-state index is 5.71. The molecule has 0 aromatic carbocycles. The zero-order valence-electron chi connectivity index (χ0n) is 7.29. The minimum absolute atomic E-state index is 0.288. The summed E-state index contributed by atoms with van der Waals surface area (Å²) in [5.41, 5.74) is 5.71. The van der Waals surface area contributed by atoms with E-state index in [2.05, 4.69) is 18.4 Å². The van der Waals surface area contributed by atoms with E-state index in [0.717, 1.165) is 19.1 Å². The second-order valence-corrected chi connectivity index (χ2v) is 3.45. The van der Waals surface area contributed by atoms with E-state index in [1.54, 1.807) is 0 Å². The number of rotatable bonds is 5. The van der Waals surface area contributed by atoms with Gasteiger partial charge in [-0.05, 0) is 19.8 Å². The van der Waals surface area contributed by atoms with Gasteiger partial charge in [0.25, 0.3) is 0 Å². The fraction of sp³-hybridized carbons (Fsp3) is 0.778. The van der Waals surface area contributed by atoms with Crippen LogP contribution in [0.15, 0.2) is 12.7 Å². The molecule has 0 spiro atoms. The van der Waals surface area contributed by atoms with Crippen LogP contribution in [0.3, 0.4) is 0 Å². The van der Waals surface area contributed by atoms with Crippen LogP contribution in [0, 0.1) is 0 Å². The molecule has 0 bridgehead atoms. The van der Waals surface area contributed by atoms with Crippen molar-refractivity contribution in [3.63, 3.8) is 0 Å². The molecule has 2 heteroatoms. The van der Waals surface area contributed by atoms with Crippen molar-refractivity contribution in [3.8, 4) is 0 Å². The first-order chi connectivity index (χ1) is 5.24. The molecule has 2 nitrogen and oxygen atoms in total. The summed E-state index contributed by atoms with van der Waals surface area (Å²) in [4.78, 5) is 2.41. The molecule has 2 N–H and O–H groups in total. The summed E-state index contributed by atoms with van der Waals surface area (Å²) in [6, 6.07) is 1.09. The molecule has 0 radical (unpaired) electrons. The molecule has 64 valence electrons. The van der Waals surface area contributed by atoms with Gasteiger partial charge in [0, 0.05) is 25.2 Å². The molecular weight excluding hydrogens is 136 g/mol. The third kappa shape index (κ3) is 3.04. The van der Waals surface area contributed by atoms with Crippen LogP contribution in [0.2, 0.25) is 0 Å². The van der Waals surface area contributed by atoms with Gasteiger partial charge in [-0.2, -0.15) is 0 Å². The van der Waals surface area contributed by atoms with Gasteiger partial charge in [-0.1, -0.05) is 6.08 Å². The average Bonchev–Trinajstić information content (AvgIpc) is 2.66. The molecule has 1 rings (SSSR count). The van der Waals surface area contributed by atoms with E-state index in [4.69, 9.17) is 5.73 Å². The summed E-state index contributed by atoms with van der Waals surface area (Å²) < 4.78 is 0. The van der Waals surface area contributed by atoms with Crippen LogP contribution in [0.5, 0.6) is 0 Å². The highest BCUT2D eigenvalue weighted by molar-refractivity contribution is 4.89. The molecule has 1 aliphatic carbocycles. The molecular formula is C9H18N2. The van der Waals surface area contributed by atoms with Crippen molar-refractivity contribution in [1.82, 2.24) is 4.90 Å². The van der Waals surface area contributed by atoms with E-state index < -0.39 is 0 Å². The maximum Gasteiger partial charge on any atom is 0.0164 e. The van der Waals surface area contributed by atoms with Gasteiger partial charge in [-0.15, -0.1) is 6.58 Å². The number of nitrogens with two attached hydrogens (primary N) is 1. The Kier molecular flexibility index (Phi) is 3.09. The Morgan fingerprint density at radius 1 is 1.73 bits per heavy atom. The lowest BCUT2D eigenvalue weighted by Crippen LogP contribution is -2.37. The van der Waals surface area contributed by atoms with E-state index in [1.807, 2.05) is 6.08 Å². The van der Waals surface area contributed by atoms with Crippen LogP contribution in [0.25, 0.3) is 0 Å². The largest absolute Gasteiger partial charge is 0.327 e. The monoisotopic (exact) mass is 154 g/mol. The standard InChI is InChI=1S/C9H18N2/c1-3-6-11(7-8(2)10)9-4-5-9/h3,8-9H,1,4-7,10H2,2H3. The molecule has 1 fully saturated rings. The van der Waals surface area contributed by atoms with Crippen molar-refractivity contribution in [1.29, 1.82) is 0 Å². The fourth-order valence-electron chi connectivity index (χ4n) is 1.35. The lowest BCUT2D eigenvalue weighted by atomic mass is 10.3. The third-order valence-electron chi connectivity index (χ3n) is 1.95. The molecule has 0 aromatic heterocycles. The summed E-state index contributed by atoms with van der Waals surface area (Å²) in [7, 11) is 0. The lowest BCUT2D eigenvalue weighted by Gasteiger charge is -2.21. The zero-order chi connectivity index (χ0) is 8.27. The third-order valence-corrected chi connectivity index (χ3v) is 1.95. The molecule has 11 heavy (non-hydrogen) atoms. The molecule has 0 aromatic rings. The Balaban J connectivity index is 2.25. The minimum Gasteiger partial charge on any atom is -0.327 e. The van der Waals surface area contributed by atoms with Crippen LogP contribution >= 0.6 is 0 Å². The van der Waals surface area contributed by atoms with Crippen molar-refractivity contribution in [2.75, 3.05) is 13.1 Å². The fourth-order valence-corrected chi connectivity index (χ4v) is 1.35. The van der Waals surface area contributed by atoms with Gasteiger partial charge in [-0.25, -0.2) is 0 Å². The van der Waals surface area contributed by atoms with Crippen LogP contribution in [-0.2, 0) is 0 Å². The quantitative estimate of drug-likeness (QED) is 0.598. The first-order valence-electron chi connectivity index (χ1n) is 4.34. The van der Waals surface area contributed by atoms with Crippen LogP contribution in [0.1, 0.15) is 19.8 Å². The van der Waals surface area contributed by atoms with Crippen molar-refractivity contribution in [2.45, 2.75) is 31.8 Å². The topological polar surface area (TPSA) is 29.3 Å². The first-order valence-corrected chi connectivity index (χ1v) is 4.34. The highest BCUT2D eigenvalue weighted by atomic mass is 15.2. The average molecular weight is 154 g/mol. The van der Waals surface area contributed by atoms with Crippen LogP contribution in [0.4, 0.5) is 0 Å². The van der Waals surface area contributed by atoms with E-state index in [0.29, 0.717) is 0 Å². The van der Waals surface area contributed by atoms with Gasteiger partial charge in [0.05, 0.1) is 0 Å². The van der Waals surface area contributed by atoms with Gasteiger partial charge in [0.15, 0.2) is 0 Å². The van der Waals surface area contributed by atoms with E-state index in [-0.39, 0.29) is 6.04 Å². The Morgan fingerprint density at radius 2 is 2.36 bits per heavy atom. The molecule has 0 aliphatic heterocycles. The van der Waals surface area contributed by atoms with Gasteiger partial charge in [-0.3, -0.25) is 4.90 Å². The van der Waals surface area contributed by atoms with E-state index >= 15 is 0 Å². The van der Waals surface area contributed by atoms with E-state index in [9.17, 15) is 0 Å². The highest BCUT2D eigenvalue weighted by Gasteiger charge is 2.28. The predicted molar refractivity (Wildman–Crippen MR) is 48.4 cm³/mol. The zero-order valence-corrected chi connectivity index (χ0v) is 7.29. The summed E-state index contributed by atoms with van der Waals surface area (Å²) in [5.74, 6) is 0. The first kappa shape index (κ1) is 8.75. The van der Waals surface area contributed by atoms with E-state index in [1.165, 1.54) is 12.8 Å². The van der Waals surface area contributed by atoms with Crippen molar-refractivity contribution in [2.24, 2.45) is 5.73 Å². The SMILES string of the molecule is C=CCN(CC(C)N)C1CC1. The highest BCUT2D eigenvalue weighted by Crippen LogP contribution is 2.26. The predicted octanol–water partition coefficient (Wildman–Crippen LogP) is 0.984. The second-order valence-electron chi connectivity index (χ2n) is 3.45. The Bertz CT molecular complexity index is 128.